The van der Waals surface area contributed by atoms with E-state index in [1.807, 2.05) is 12.2 Å². The van der Waals surface area contributed by atoms with E-state index in [0.717, 1.165) is 33.4 Å². The number of hydrogen-bond acceptors (Lipinski definition) is 0. The SMILES string of the molecule is CC(C)[Si](C#Cc1c(C#C[Si](C(C)C)(C(C)C)C(C)C)c(C#C[Si](C(C)C)(C(C)C)C(C)C)c(/C=C/Cl)c(/C=C/Cl)c1C#C[Si](C(C)C)(C(C)C)C(C)C)(C(C)C)C(C)C. The Morgan fingerprint density at radius 2 is 0.433 bits per heavy atom. The molecule has 0 N–H and O–H groups in total. The molecule has 0 bridgehead atoms. The summed E-state index contributed by atoms with van der Waals surface area (Å²) in [6, 6.07) is 0. The molecule has 1 aromatic rings. The van der Waals surface area contributed by atoms with Crippen molar-refractivity contribution in [1.29, 1.82) is 0 Å². The van der Waals surface area contributed by atoms with Crippen LogP contribution in [0.15, 0.2) is 11.1 Å². The van der Waals surface area contributed by atoms with Crippen molar-refractivity contribution in [1.82, 2.24) is 0 Å². The van der Waals surface area contributed by atoms with E-state index in [9.17, 15) is 0 Å². The second kappa shape index (κ2) is 23.4. The van der Waals surface area contributed by atoms with E-state index in [1.54, 1.807) is 11.1 Å². The maximum absolute atomic E-state index is 6.68. The third-order valence-electron chi connectivity index (χ3n) is 15.1. The van der Waals surface area contributed by atoms with Gasteiger partial charge in [-0.15, -0.1) is 22.2 Å². The van der Waals surface area contributed by atoms with Crippen LogP contribution in [0.3, 0.4) is 0 Å². The van der Waals surface area contributed by atoms with Crippen LogP contribution in [0.25, 0.3) is 12.2 Å². The Morgan fingerprint density at radius 1 is 0.283 bits per heavy atom. The first-order chi connectivity index (χ1) is 27.6. The smallest absolute Gasteiger partial charge is 0.125 e. The van der Waals surface area contributed by atoms with Crippen LogP contribution in [-0.2, 0) is 0 Å². The molecule has 0 radical (unpaired) electrons. The van der Waals surface area contributed by atoms with Gasteiger partial charge in [-0.05, 0) is 78.6 Å². The van der Waals surface area contributed by atoms with Crippen molar-refractivity contribution in [2.75, 3.05) is 0 Å². The highest BCUT2D eigenvalue weighted by Gasteiger charge is 2.45. The Hall–Kier alpha value is -1.61. The molecule has 0 aromatic heterocycles. The number of benzene rings is 1. The van der Waals surface area contributed by atoms with Crippen LogP contribution in [0.2, 0.25) is 66.5 Å². The fraction of sp³-hybridized carbons (Fsp3) is 0.667. The largest absolute Gasteiger partial charge is 0.146 e. The highest BCUT2D eigenvalue weighted by atomic mass is 35.5. The van der Waals surface area contributed by atoms with E-state index in [4.69, 9.17) is 23.2 Å². The molecule has 0 aliphatic rings. The molecular formula is C54H88Cl2Si4. The summed E-state index contributed by atoms with van der Waals surface area (Å²) in [5.41, 5.74) is 31.0. The van der Waals surface area contributed by atoms with Gasteiger partial charge >= 0.3 is 0 Å². The summed E-state index contributed by atoms with van der Waals surface area (Å²) >= 11 is 13.4. The van der Waals surface area contributed by atoms with Gasteiger partial charge in [-0.3, -0.25) is 0 Å². The lowest BCUT2D eigenvalue weighted by atomic mass is 9.87. The van der Waals surface area contributed by atoms with Crippen LogP contribution in [0.4, 0.5) is 0 Å². The predicted octanol–water partition coefficient (Wildman–Crippen LogP) is 18.4. The van der Waals surface area contributed by atoms with Crippen molar-refractivity contribution in [3.63, 3.8) is 0 Å². The molecule has 0 aliphatic heterocycles. The molecule has 0 amide bonds. The van der Waals surface area contributed by atoms with Gasteiger partial charge in [0.1, 0.15) is 32.3 Å². The zero-order chi connectivity index (χ0) is 46.9. The van der Waals surface area contributed by atoms with Crippen molar-refractivity contribution >= 4 is 67.6 Å². The Balaban J connectivity index is 5.57. The molecule has 0 heterocycles. The van der Waals surface area contributed by atoms with Gasteiger partial charge < -0.3 is 0 Å². The monoisotopic (exact) mass is 919 g/mol. The molecule has 6 heteroatoms. The summed E-state index contributed by atoms with van der Waals surface area (Å²) in [6.45, 7) is 57.3. The zero-order valence-electron chi connectivity index (χ0n) is 43.0. The average Bonchev–Trinajstić information content (AvgIpc) is 3.10. The molecule has 334 valence electrons. The van der Waals surface area contributed by atoms with Gasteiger partial charge in [0.15, 0.2) is 0 Å². The van der Waals surface area contributed by atoms with Crippen LogP contribution in [-0.4, -0.2) is 32.3 Å². The van der Waals surface area contributed by atoms with E-state index in [1.165, 1.54) is 0 Å². The van der Waals surface area contributed by atoms with E-state index in [0.29, 0.717) is 66.5 Å². The molecule has 60 heavy (non-hydrogen) atoms. The van der Waals surface area contributed by atoms with Crippen LogP contribution in [0.1, 0.15) is 200 Å². The average molecular weight is 921 g/mol. The second-order valence-electron chi connectivity index (χ2n) is 21.5. The molecule has 0 saturated heterocycles. The first kappa shape index (κ1) is 56.4. The minimum Gasteiger partial charge on any atom is -0.125 e. The molecular weight excluding hydrogens is 832 g/mol. The fourth-order valence-corrected chi connectivity index (χ4v) is 33.3. The van der Waals surface area contributed by atoms with Gasteiger partial charge in [-0.2, -0.15) is 0 Å². The van der Waals surface area contributed by atoms with E-state index in [2.05, 4.69) is 212 Å². The molecule has 0 nitrogen and oxygen atoms in total. The third kappa shape index (κ3) is 11.2. The molecule has 1 rings (SSSR count). The standard InChI is InChI=1S/C54H88Cl2Si4/c1-37(2)57(38(3)4,39(5)6)33-27-51-49(25-31-55)50(26-32-56)52(28-34-58(40(7)8,41(9)10)42(11)12)54(30-36-60(46(19)20,47(21)22)48(23)24)53(51)29-35-59(43(13)14,44(15)16)45(17)18/h25-26,31-32,37-48H,1-24H3/b31-25+,32-26+. The lowest BCUT2D eigenvalue weighted by Crippen LogP contribution is -2.43. The van der Waals surface area contributed by atoms with Crippen molar-refractivity contribution in [2.24, 2.45) is 0 Å². The van der Waals surface area contributed by atoms with Crippen LogP contribution in [0, 0.1) is 45.9 Å². The first-order valence-electron chi connectivity index (χ1n) is 23.5. The highest BCUT2D eigenvalue weighted by Crippen LogP contribution is 2.45. The van der Waals surface area contributed by atoms with Gasteiger partial charge in [0.2, 0.25) is 0 Å². The minimum atomic E-state index is -2.21. The molecule has 0 fully saturated rings. The number of halogens is 2. The van der Waals surface area contributed by atoms with Crippen LogP contribution in [0.5, 0.6) is 0 Å². The topological polar surface area (TPSA) is 0 Å². The Labute approximate surface area is 388 Å². The van der Waals surface area contributed by atoms with E-state index in [-0.39, 0.29) is 0 Å². The van der Waals surface area contributed by atoms with E-state index < -0.39 is 32.3 Å². The fourth-order valence-electron chi connectivity index (χ4n) is 12.2. The summed E-state index contributed by atoms with van der Waals surface area (Å²) in [5.74, 6) is 16.0. The maximum Gasteiger partial charge on any atom is 0.146 e. The van der Waals surface area contributed by atoms with Crippen molar-refractivity contribution < 1.29 is 0 Å². The maximum atomic E-state index is 6.68. The summed E-state index contributed by atoms with van der Waals surface area (Å²) in [4.78, 5) is 0. The Morgan fingerprint density at radius 3 is 0.567 bits per heavy atom. The summed E-state index contributed by atoms with van der Waals surface area (Å²) in [5, 5.41) is 0. The van der Waals surface area contributed by atoms with Gasteiger partial charge in [-0.1, -0.05) is 213 Å². The quantitative estimate of drug-likeness (QED) is 0.129. The summed E-state index contributed by atoms with van der Waals surface area (Å²) < 4.78 is 0. The minimum absolute atomic E-state index is 0.467. The Bertz CT molecular complexity index is 1680. The van der Waals surface area contributed by atoms with Gasteiger partial charge in [0.25, 0.3) is 0 Å². The van der Waals surface area contributed by atoms with Gasteiger partial charge in [0.05, 0.1) is 11.1 Å². The Kier molecular flexibility index (Phi) is 22.0. The normalized spacial score (nSPS) is 13.3. The predicted molar refractivity (Wildman–Crippen MR) is 288 cm³/mol. The number of rotatable bonds is 14. The van der Waals surface area contributed by atoms with Gasteiger partial charge in [-0.25, -0.2) is 0 Å². The summed E-state index contributed by atoms with van der Waals surface area (Å²) in [7, 11) is -8.78. The summed E-state index contributed by atoms with van der Waals surface area (Å²) in [6.07, 6.45) is 4.03. The molecule has 0 saturated carbocycles. The van der Waals surface area contributed by atoms with Crippen molar-refractivity contribution in [2.45, 2.75) is 233 Å². The lowest BCUT2D eigenvalue weighted by Gasteiger charge is -2.38. The lowest BCUT2D eigenvalue weighted by molar-refractivity contribution is 0.838. The first-order valence-corrected chi connectivity index (χ1v) is 33.3. The van der Waals surface area contributed by atoms with Gasteiger partial charge in [0, 0.05) is 33.3 Å². The van der Waals surface area contributed by atoms with Crippen LogP contribution >= 0.6 is 23.2 Å². The van der Waals surface area contributed by atoms with E-state index >= 15 is 0 Å². The molecule has 0 unspecified atom stereocenters. The third-order valence-corrected chi connectivity index (χ3v) is 40.5. The highest BCUT2D eigenvalue weighted by molar-refractivity contribution is 6.92. The molecule has 0 aliphatic carbocycles. The second-order valence-corrected chi connectivity index (χ2v) is 44.3. The van der Waals surface area contributed by atoms with Crippen LogP contribution < -0.4 is 0 Å². The molecule has 0 atom stereocenters. The zero-order valence-corrected chi connectivity index (χ0v) is 48.5. The number of hydrogen-bond donors (Lipinski definition) is 0. The van der Waals surface area contributed by atoms with Crippen molar-refractivity contribution in [3.05, 3.63) is 44.5 Å². The molecule has 1 aromatic carbocycles. The van der Waals surface area contributed by atoms with Crippen molar-refractivity contribution in [3.8, 4) is 45.9 Å². The molecule has 0 spiro atoms.